The third kappa shape index (κ3) is 3.84. The molecule has 1 atom stereocenters. The third-order valence-electron chi connectivity index (χ3n) is 5.66. The van der Waals surface area contributed by atoms with Crippen molar-refractivity contribution in [2.75, 3.05) is 25.0 Å². The molecule has 2 aliphatic heterocycles. The second-order valence-corrected chi connectivity index (χ2v) is 7.67. The van der Waals surface area contributed by atoms with Gasteiger partial charge in [-0.3, -0.25) is 14.7 Å². The van der Waals surface area contributed by atoms with Crippen LogP contribution in [0.25, 0.3) is 0 Å². The number of aromatic nitrogens is 1. The Kier molecular flexibility index (Phi) is 4.70. The Hall–Kier alpha value is -1.95. The molecule has 1 aromatic heterocycles. The summed E-state index contributed by atoms with van der Waals surface area (Å²) in [5.74, 6) is 0.648. The van der Waals surface area contributed by atoms with Crippen LogP contribution in [0.4, 0.5) is 5.69 Å². The number of nitrogens with one attached hydrogen (secondary N) is 1. The highest BCUT2D eigenvalue weighted by Crippen LogP contribution is 2.35. The Morgan fingerprint density at radius 1 is 1.36 bits per heavy atom. The van der Waals surface area contributed by atoms with Crippen LogP contribution >= 0.6 is 0 Å². The van der Waals surface area contributed by atoms with Crippen molar-refractivity contribution in [3.63, 3.8) is 0 Å². The first-order valence-electron chi connectivity index (χ1n) is 9.41. The highest BCUT2D eigenvalue weighted by molar-refractivity contribution is 6.43. The molecule has 0 aromatic carbocycles. The fourth-order valence-electron chi connectivity index (χ4n) is 4.32. The lowest BCUT2D eigenvalue weighted by atomic mass is 9.89. The van der Waals surface area contributed by atoms with E-state index in [1.54, 1.807) is 18.5 Å². The molecule has 0 radical (unpaired) electrons. The maximum absolute atomic E-state index is 12.4. The van der Waals surface area contributed by atoms with Crippen LogP contribution in [0.15, 0.2) is 29.7 Å². The van der Waals surface area contributed by atoms with Gasteiger partial charge in [0.05, 0.1) is 11.9 Å². The number of oxime groups is 1. The monoisotopic (exact) mass is 342 g/mol. The summed E-state index contributed by atoms with van der Waals surface area (Å²) in [6.07, 6.45) is 11.7. The van der Waals surface area contributed by atoms with Crippen LogP contribution < -0.4 is 5.32 Å². The van der Waals surface area contributed by atoms with E-state index < -0.39 is 0 Å². The molecule has 1 saturated carbocycles. The van der Waals surface area contributed by atoms with Crippen molar-refractivity contribution < 1.29 is 9.63 Å². The molecule has 1 aromatic rings. The van der Waals surface area contributed by atoms with Crippen molar-refractivity contribution in [2.24, 2.45) is 11.1 Å². The first-order chi connectivity index (χ1) is 12.2. The molecule has 1 spiro atoms. The van der Waals surface area contributed by atoms with Crippen molar-refractivity contribution in [3.8, 4) is 0 Å². The van der Waals surface area contributed by atoms with Gasteiger partial charge in [-0.15, -0.1) is 0 Å². The van der Waals surface area contributed by atoms with Gasteiger partial charge in [0.15, 0.2) is 5.60 Å². The molecule has 1 amide bonds. The predicted molar refractivity (Wildman–Crippen MR) is 96.4 cm³/mol. The second kappa shape index (κ2) is 7.12. The summed E-state index contributed by atoms with van der Waals surface area (Å²) >= 11 is 0. The summed E-state index contributed by atoms with van der Waals surface area (Å²) in [6.45, 7) is 3.10. The number of rotatable bonds is 4. The van der Waals surface area contributed by atoms with Crippen LogP contribution in [0, 0.1) is 5.92 Å². The van der Waals surface area contributed by atoms with Gasteiger partial charge >= 0.3 is 0 Å². The Morgan fingerprint density at radius 2 is 2.24 bits per heavy atom. The molecule has 6 heteroatoms. The van der Waals surface area contributed by atoms with Gasteiger partial charge < -0.3 is 10.2 Å². The van der Waals surface area contributed by atoms with E-state index in [9.17, 15) is 4.79 Å². The Balaban J connectivity index is 1.30. The first kappa shape index (κ1) is 16.5. The number of amides is 1. The Bertz CT molecular complexity index is 642. The highest BCUT2D eigenvalue weighted by Gasteiger charge is 2.46. The van der Waals surface area contributed by atoms with Crippen molar-refractivity contribution in [1.82, 2.24) is 9.88 Å². The Morgan fingerprint density at radius 3 is 3.04 bits per heavy atom. The summed E-state index contributed by atoms with van der Waals surface area (Å²) in [6, 6.07) is 3.61. The summed E-state index contributed by atoms with van der Waals surface area (Å²) < 4.78 is 0. The van der Waals surface area contributed by atoms with Gasteiger partial charge in [-0.05, 0) is 30.9 Å². The zero-order valence-electron chi connectivity index (χ0n) is 14.6. The van der Waals surface area contributed by atoms with E-state index in [0.29, 0.717) is 17.8 Å². The van der Waals surface area contributed by atoms with Gasteiger partial charge in [0.1, 0.15) is 5.71 Å². The number of nitrogens with zero attached hydrogens (tertiary/aromatic N) is 3. The number of hydrogen-bond acceptors (Lipinski definition) is 5. The molecule has 3 heterocycles. The summed E-state index contributed by atoms with van der Waals surface area (Å²) in [5.41, 5.74) is 0.876. The minimum atomic E-state index is -0.295. The molecule has 25 heavy (non-hydrogen) atoms. The normalized spacial score (nSPS) is 27.3. The van der Waals surface area contributed by atoms with Gasteiger partial charge in [-0.25, -0.2) is 0 Å². The van der Waals surface area contributed by atoms with E-state index in [2.05, 4.69) is 20.4 Å². The standard InChI is InChI=1S/C19H26N4O2/c24-18(21-16-7-4-9-20-12-16)17-11-19(25-22-17)8-10-23(14-19)13-15-5-2-1-3-6-15/h4,7,9,12,15H,1-3,5-6,8,10-11,13-14H2,(H,21,24). The molecule has 6 nitrogen and oxygen atoms in total. The molecule has 0 bridgehead atoms. The minimum absolute atomic E-state index is 0.185. The van der Waals surface area contributed by atoms with E-state index in [0.717, 1.165) is 25.4 Å². The SMILES string of the molecule is O=C(Nc1cccnc1)C1=NOC2(CCN(CC3CCCCC3)C2)C1. The van der Waals surface area contributed by atoms with E-state index in [4.69, 9.17) is 4.84 Å². The van der Waals surface area contributed by atoms with Crippen molar-refractivity contribution in [2.45, 2.75) is 50.5 Å². The molecule has 3 aliphatic rings. The number of pyridine rings is 1. The summed E-state index contributed by atoms with van der Waals surface area (Å²) in [7, 11) is 0. The van der Waals surface area contributed by atoms with Crippen LogP contribution in [-0.2, 0) is 9.63 Å². The van der Waals surface area contributed by atoms with Crippen LogP contribution in [0.5, 0.6) is 0 Å². The fourth-order valence-corrected chi connectivity index (χ4v) is 4.32. The molecular weight excluding hydrogens is 316 g/mol. The highest BCUT2D eigenvalue weighted by atomic mass is 16.7. The molecule has 4 rings (SSSR count). The van der Waals surface area contributed by atoms with E-state index in [1.165, 1.54) is 38.6 Å². The maximum Gasteiger partial charge on any atom is 0.273 e. The van der Waals surface area contributed by atoms with Gasteiger partial charge in [-0.1, -0.05) is 24.4 Å². The van der Waals surface area contributed by atoms with Crippen molar-refractivity contribution in [1.29, 1.82) is 0 Å². The summed E-state index contributed by atoms with van der Waals surface area (Å²) in [5, 5.41) is 6.95. The molecule has 1 N–H and O–H groups in total. The van der Waals surface area contributed by atoms with Crippen molar-refractivity contribution in [3.05, 3.63) is 24.5 Å². The first-order valence-corrected chi connectivity index (χ1v) is 9.41. The lowest BCUT2D eigenvalue weighted by Crippen LogP contribution is -2.37. The zero-order chi connectivity index (χ0) is 17.1. The number of carbonyl (C=O) groups excluding carboxylic acids is 1. The largest absolute Gasteiger partial charge is 0.387 e. The van der Waals surface area contributed by atoms with E-state index >= 15 is 0 Å². The lowest BCUT2D eigenvalue weighted by Gasteiger charge is -2.27. The van der Waals surface area contributed by atoms with E-state index in [1.807, 2.05) is 6.07 Å². The van der Waals surface area contributed by atoms with E-state index in [-0.39, 0.29) is 11.5 Å². The third-order valence-corrected chi connectivity index (χ3v) is 5.66. The number of likely N-dealkylation sites (tertiary alicyclic amines) is 1. The fraction of sp³-hybridized carbons (Fsp3) is 0.632. The smallest absolute Gasteiger partial charge is 0.273 e. The molecule has 1 saturated heterocycles. The van der Waals surface area contributed by atoms with Crippen LogP contribution in [0.1, 0.15) is 44.9 Å². The van der Waals surface area contributed by atoms with Crippen LogP contribution in [-0.4, -0.2) is 46.7 Å². The maximum atomic E-state index is 12.4. The Labute approximate surface area is 148 Å². The number of anilines is 1. The molecule has 134 valence electrons. The quantitative estimate of drug-likeness (QED) is 0.914. The topological polar surface area (TPSA) is 66.8 Å². The van der Waals surface area contributed by atoms with Gasteiger partial charge in [-0.2, -0.15) is 0 Å². The number of carbonyl (C=O) groups is 1. The lowest BCUT2D eigenvalue weighted by molar-refractivity contribution is -0.110. The number of hydrogen-bond donors (Lipinski definition) is 1. The van der Waals surface area contributed by atoms with Crippen molar-refractivity contribution >= 4 is 17.3 Å². The second-order valence-electron chi connectivity index (χ2n) is 7.67. The van der Waals surface area contributed by atoms with Crippen LogP contribution in [0.3, 0.4) is 0 Å². The van der Waals surface area contributed by atoms with Gasteiger partial charge in [0.25, 0.3) is 5.91 Å². The summed E-state index contributed by atoms with van der Waals surface area (Å²) in [4.78, 5) is 24.7. The molecule has 1 aliphatic carbocycles. The van der Waals surface area contributed by atoms with Gasteiger partial charge in [0, 0.05) is 38.7 Å². The molecular formula is C19H26N4O2. The minimum Gasteiger partial charge on any atom is -0.387 e. The predicted octanol–water partition coefficient (Wildman–Crippen LogP) is 2.82. The average Bonchev–Trinajstić information content (AvgIpc) is 3.24. The molecule has 2 fully saturated rings. The molecule has 1 unspecified atom stereocenters. The average molecular weight is 342 g/mol. The van der Waals surface area contributed by atoms with Crippen LogP contribution in [0.2, 0.25) is 0 Å². The zero-order valence-corrected chi connectivity index (χ0v) is 14.6. The van der Waals surface area contributed by atoms with Gasteiger partial charge in [0.2, 0.25) is 0 Å².